The van der Waals surface area contributed by atoms with Gasteiger partial charge in [0, 0.05) is 53.9 Å². The molecule has 0 amide bonds. The van der Waals surface area contributed by atoms with E-state index in [1.165, 1.54) is 250 Å². The van der Waals surface area contributed by atoms with E-state index < -0.39 is 17.9 Å². The van der Waals surface area contributed by atoms with Crippen molar-refractivity contribution < 1.29 is 44.1 Å². The molecule has 0 aliphatic heterocycles. The Morgan fingerprint density at radius 1 is 0.176 bits per heavy atom. The number of unbranched alkanes of at least 4 members (excludes halogenated alkanes) is 48. The first kappa shape index (κ1) is 86.6. The quantitative estimate of drug-likeness (QED) is 0.0303. The Morgan fingerprint density at radius 2 is 0.286 bits per heavy atom. The Labute approximate surface area is 567 Å². The van der Waals surface area contributed by atoms with Gasteiger partial charge < -0.3 is 29.7 Å². The van der Waals surface area contributed by atoms with Crippen molar-refractivity contribution in [3.63, 3.8) is 0 Å². The van der Waals surface area contributed by atoms with Crippen molar-refractivity contribution in [2.24, 2.45) is 0 Å². The smallest absolute Gasteiger partial charge is 0.550 e. The standard InChI is InChI=1S/3C27H44O3.Al/c3*28-26(25-21-17-16-18-22-25)23-19-14-12-10-8-6-4-2-1-3-5-7-9-11-13-15-20-24-27(29)30;/h3*16-18,21-22H,1-15,19-20,23-24H2,(H,29,30);/q;;;+3/p-3. The second-order valence-electron chi connectivity index (χ2n) is 26.0. The maximum atomic E-state index is 12.0. The van der Waals surface area contributed by atoms with Gasteiger partial charge in [0.25, 0.3) is 0 Å². The van der Waals surface area contributed by atoms with Crippen LogP contribution in [0.2, 0.25) is 0 Å². The number of aliphatic carboxylic acids is 3. The van der Waals surface area contributed by atoms with E-state index in [9.17, 15) is 44.1 Å². The minimum absolute atomic E-state index is 0. The van der Waals surface area contributed by atoms with Gasteiger partial charge in [-0.15, -0.1) is 0 Å². The minimum atomic E-state index is -0.915. The Morgan fingerprint density at radius 3 is 0.407 bits per heavy atom. The molecule has 0 atom stereocenters. The molecule has 0 heterocycles. The van der Waals surface area contributed by atoms with E-state index >= 15 is 0 Å². The van der Waals surface area contributed by atoms with Crippen LogP contribution in [0.3, 0.4) is 0 Å². The third-order valence-electron chi connectivity index (χ3n) is 17.6. The molecule has 0 aliphatic rings. The van der Waals surface area contributed by atoms with Gasteiger partial charge in [-0.3, -0.25) is 14.4 Å². The van der Waals surface area contributed by atoms with Crippen LogP contribution in [0.4, 0.5) is 0 Å². The molecule has 0 aliphatic carbocycles. The molecule has 0 saturated carbocycles. The normalized spacial score (nSPS) is 10.8. The van der Waals surface area contributed by atoms with Gasteiger partial charge in [-0.1, -0.05) is 380 Å². The minimum Gasteiger partial charge on any atom is -0.550 e. The van der Waals surface area contributed by atoms with Gasteiger partial charge in [-0.05, 0) is 57.8 Å². The van der Waals surface area contributed by atoms with E-state index in [1.54, 1.807) is 0 Å². The molecule has 0 unspecified atom stereocenters. The molecule has 510 valence electrons. The number of carboxylic acids is 3. The average molecular weight is 1270 g/mol. The molecule has 3 rings (SSSR count). The van der Waals surface area contributed by atoms with Crippen LogP contribution in [0.1, 0.15) is 397 Å². The van der Waals surface area contributed by atoms with Crippen LogP contribution < -0.4 is 15.3 Å². The predicted molar refractivity (Wildman–Crippen MR) is 376 cm³/mol. The summed E-state index contributed by atoms with van der Waals surface area (Å²) in [5, 5.41) is 30.9. The van der Waals surface area contributed by atoms with Gasteiger partial charge in [-0.25, -0.2) is 0 Å². The molecule has 0 saturated heterocycles. The molecule has 0 spiro atoms. The number of Topliss-reactive ketones (excluding diaryl/α,β-unsaturated/α-hetero) is 3. The monoisotopic (exact) mass is 1270 g/mol. The van der Waals surface area contributed by atoms with Crippen molar-refractivity contribution in [3.8, 4) is 0 Å². The number of ketones is 3. The average Bonchev–Trinajstić information content (AvgIpc) is 3.68. The summed E-state index contributed by atoms with van der Waals surface area (Å²) in [5.74, 6) is -1.90. The molecule has 0 fully saturated rings. The fourth-order valence-corrected chi connectivity index (χ4v) is 11.9. The molecule has 3 aromatic rings. The summed E-state index contributed by atoms with van der Waals surface area (Å²) in [6.07, 6.45) is 66.0. The van der Waals surface area contributed by atoms with E-state index in [0.717, 1.165) is 93.7 Å². The number of carbonyl (C=O) groups excluding carboxylic acids is 6. The van der Waals surface area contributed by atoms with E-state index in [2.05, 4.69) is 0 Å². The van der Waals surface area contributed by atoms with Crippen molar-refractivity contribution in [1.82, 2.24) is 0 Å². The molecule has 0 N–H and O–H groups in total. The van der Waals surface area contributed by atoms with Gasteiger partial charge in [0.2, 0.25) is 0 Å². The Bertz CT molecular complexity index is 1860. The van der Waals surface area contributed by atoms with Crippen molar-refractivity contribution in [3.05, 3.63) is 108 Å². The molecule has 3 aromatic carbocycles. The number of hydrogen-bond acceptors (Lipinski definition) is 9. The first-order valence-corrected chi connectivity index (χ1v) is 37.4. The Kier molecular flexibility index (Phi) is 65.2. The number of hydrogen-bond donors (Lipinski definition) is 0. The largest absolute Gasteiger partial charge is 3.00 e. The third-order valence-corrected chi connectivity index (χ3v) is 17.6. The first-order valence-electron chi connectivity index (χ1n) is 37.4. The maximum Gasteiger partial charge on any atom is 3.00 e. The number of benzene rings is 3. The summed E-state index contributed by atoms with van der Waals surface area (Å²) >= 11 is 0. The maximum absolute atomic E-state index is 12.0. The van der Waals surface area contributed by atoms with Gasteiger partial charge in [0.05, 0.1) is 0 Å². The summed E-state index contributed by atoms with van der Waals surface area (Å²) in [4.78, 5) is 67.0. The van der Waals surface area contributed by atoms with Crippen LogP contribution in [-0.4, -0.2) is 52.6 Å². The fourth-order valence-electron chi connectivity index (χ4n) is 11.9. The van der Waals surface area contributed by atoms with E-state index in [1.807, 2.05) is 91.0 Å². The zero-order valence-corrected chi connectivity index (χ0v) is 58.9. The topological polar surface area (TPSA) is 172 Å². The molecule has 0 aromatic heterocycles. The Hall–Kier alpha value is -4.39. The van der Waals surface area contributed by atoms with Crippen LogP contribution in [0.5, 0.6) is 0 Å². The number of carbonyl (C=O) groups is 6. The zero-order chi connectivity index (χ0) is 65.1. The third kappa shape index (κ3) is 62.8. The van der Waals surface area contributed by atoms with Crippen molar-refractivity contribution in [1.29, 1.82) is 0 Å². The number of rotatable bonds is 63. The summed E-state index contributed by atoms with van der Waals surface area (Å²) in [6, 6.07) is 28.9. The predicted octanol–water partition coefficient (Wildman–Crippen LogP) is 20.7. The second-order valence-corrected chi connectivity index (χ2v) is 26.0. The molecule has 0 radical (unpaired) electrons. The van der Waals surface area contributed by atoms with Crippen molar-refractivity contribution >= 4 is 52.6 Å². The molecule has 10 heteroatoms. The van der Waals surface area contributed by atoms with Gasteiger partial charge >= 0.3 is 17.4 Å². The SMILES string of the molecule is O=C([O-])CCCCCCCCCCCCCCCCCCCC(=O)c1ccccc1.O=C([O-])CCCCCCCCCCCCCCCCCCCC(=O)c1ccccc1.O=C([O-])CCCCCCCCCCCCCCCCCCCC(=O)c1ccccc1.[Al+3]. The van der Waals surface area contributed by atoms with Crippen LogP contribution in [-0.2, 0) is 14.4 Å². The van der Waals surface area contributed by atoms with Gasteiger partial charge in [0.1, 0.15) is 0 Å². The van der Waals surface area contributed by atoms with E-state index in [-0.39, 0.29) is 54.0 Å². The molecular weight excluding hydrogens is 1140 g/mol. The van der Waals surface area contributed by atoms with Crippen LogP contribution in [0.25, 0.3) is 0 Å². The van der Waals surface area contributed by atoms with Gasteiger partial charge in [0.15, 0.2) is 17.3 Å². The molecule has 0 bridgehead atoms. The van der Waals surface area contributed by atoms with Gasteiger partial charge in [-0.2, -0.15) is 0 Å². The second kappa shape index (κ2) is 68.5. The fraction of sp³-hybridized carbons (Fsp3) is 0.704. The van der Waals surface area contributed by atoms with Crippen molar-refractivity contribution in [2.45, 2.75) is 366 Å². The van der Waals surface area contributed by atoms with Crippen molar-refractivity contribution in [2.75, 3.05) is 0 Å². The van der Waals surface area contributed by atoms with Crippen LogP contribution in [0.15, 0.2) is 91.0 Å². The summed E-state index contributed by atoms with van der Waals surface area (Å²) in [5.41, 5.74) is 2.55. The molecular formula is C81H129AlO9. The van der Waals surface area contributed by atoms with Crippen LogP contribution >= 0.6 is 0 Å². The molecule has 91 heavy (non-hydrogen) atoms. The molecule has 9 nitrogen and oxygen atoms in total. The zero-order valence-electron chi connectivity index (χ0n) is 57.7. The Balaban J connectivity index is 0.00000133. The van der Waals surface area contributed by atoms with Crippen LogP contribution in [0, 0.1) is 0 Å². The van der Waals surface area contributed by atoms with E-state index in [4.69, 9.17) is 0 Å². The van der Waals surface area contributed by atoms with E-state index in [0.29, 0.717) is 19.3 Å². The summed E-state index contributed by atoms with van der Waals surface area (Å²) in [6.45, 7) is 0. The number of carboxylic acid groups (broad SMARTS) is 3. The summed E-state index contributed by atoms with van der Waals surface area (Å²) < 4.78 is 0. The summed E-state index contributed by atoms with van der Waals surface area (Å²) in [7, 11) is 0. The first-order chi connectivity index (χ1) is 44.1.